The van der Waals surface area contributed by atoms with Crippen LogP contribution in [0.2, 0.25) is 5.02 Å². The molecule has 0 amide bonds. The van der Waals surface area contributed by atoms with Gasteiger partial charge < -0.3 is 5.11 Å². The molecule has 1 aliphatic rings. The number of carbonyl (C=O) groups is 1. The second-order valence-electron chi connectivity index (χ2n) is 7.65. The van der Waals surface area contributed by atoms with Gasteiger partial charge in [0.05, 0.1) is 12.5 Å². The van der Waals surface area contributed by atoms with E-state index in [2.05, 4.69) is 45.6 Å². The SMILES string of the molecule is O=C(O)Cc1cc(Cl)cc(C(c2ccccc2)N2CCN(Sc3ccccc3)CC2)c1. The third kappa shape index (κ3) is 5.89. The predicted octanol–water partition coefficient (Wildman–Crippen LogP) is 5.38. The van der Waals surface area contributed by atoms with Crippen LogP contribution >= 0.6 is 23.5 Å². The third-order valence-corrected chi connectivity index (χ3v) is 6.71. The lowest BCUT2D eigenvalue weighted by molar-refractivity contribution is -0.136. The van der Waals surface area contributed by atoms with E-state index in [0.29, 0.717) is 5.02 Å². The molecule has 0 bridgehead atoms. The minimum atomic E-state index is -0.851. The number of rotatable bonds is 7. The van der Waals surface area contributed by atoms with Gasteiger partial charge in [0.25, 0.3) is 0 Å². The van der Waals surface area contributed by atoms with Gasteiger partial charge in [-0.05, 0) is 52.9 Å². The number of halogens is 1. The maximum absolute atomic E-state index is 11.3. The molecule has 1 unspecified atom stereocenters. The van der Waals surface area contributed by atoms with Gasteiger partial charge in [-0.25, -0.2) is 4.31 Å². The van der Waals surface area contributed by atoms with Crippen molar-refractivity contribution in [2.45, 2.75) is 17.4 Å². The van der Waals surface area contributed by atoms with Crippen molar-refractivity contribution in [1.29, 1.82) is 0 Å². The number of hydrogen-bond donors (Lipinski definition) is 1. The van der Waals surface area contributed by atoms with Gasteiger partial charge in [-0.2, -0.15) is 0 Å². The summed E-state index contributed by atoms with van der Waals surface area (Å²) in [6.45, 7) is 3.73. The zero-order valence-electron chi connectivity index (χ0n) is 17.2. The van der Waals surface area contributed by atoms with Crippen molar-refractivity contribution >= 4 is 29.5 Å². The summed E-state index contributed by atoms with van der Waals surface area (Å²) in [5, 5.41) is 9.82. The number of hydrogen-bond acceptors (Lipinski definition) is 4. The Balaban J connectivity index is 1.56. The van der Waals surface area contributed by atoms with Crippen LogP contribution in [0.4, 0.5) is 0 Å². The monoisotopic (exact) mass is 452 g/mol. The highest BCUT2D eigenvalue weighted by Gasteiger charge is 2.27. The topological polar surface area (TPSA) is 43.8 Å². The highest BCUT2D eigenvalue weighted by molar-refractivity contribution is 7.97. The fourth-order valence-electron chi connectivity index (χ4n) is 4.04. The van der Waals surface area contributed by atoms with Crippen molar-refractivity contribution in [3.63, 3.8) is 0 Å². The van der Waals surface area contributed by atoms with Crippen molar-refractivity contribution in [3.05, 3.63) is 101 Å². The molecule has 1 fully saturated rings. The van der Waals surface area contributed by atoms with Gasteiger partial charge in [-0.1, -0.05) is 66.2 Å². The largest absolute Gasteiger partial charge is 0.481 e. The minimum absolute atomic E-state index is 0.0312. The second kappa shape index (κ2) is 10.3. The second-order valence-corrected chi connectivity index (χ2v) is 9.25. The highest BCUT2D eigenvalue weighted by Crippen LogP contribution is 2.33. The van der Waals surface area contributed by atoms with Gasteiger partial charge in [0, 0.05) is 36.1 Å². The summed E-state index contributed by atoms with van der Waals surface area (Å²) in [5.74, 6) is -0.851. The van der Waals surface area contributed by atoms with Gasteiger partial charge in [0.2, 0.25) is 0 Å². The summed E-state index contributed by atoms with van der Waals surface area (Å²) >= 11 is 8.20. The Bertz CT molecular complexity index is 1010. The van der Waals surface area contributed by atoms with Crippen LogP contribution in [0.1, 0.15) is 22.7 Å². The molecule has 0 aliphatic carbocycles. The Morgan fingerprint density at radius 3 is 2.19 bits per heavy atom. The average molecular weight is 453 g/mol. The van der Waals surface area contributed by atoms with Crippen LogP contribution in [0.5, 0.6) is 0 Å². The molecule has 4 rings (SSSR count). The molecule has 3 aromatic carbocycles. The molecule has 1 aliphatic heterocycles. The Labute approximate surface area is 192 Å². The summed E-state index contributed by atoms with van der Waals surface area (Å²) < 4.78 is 2.40. The number of nitrogens with zero attached hydrogens (tertiary/aromatic N) is 2. The molecule has 1 N–H and O–H groups in total. The van der Waals surface area contributed by atoms with Crippen molar-refractivity contribution in [2.75, 3.05) is 26.2 Å². The van der Waals surface area contributed by atoms with Crippen molar-refractivity contribution in [3.8, 4) is 0 Å². The summed E-state index contributed by atoms with van der Waals surface area (Å²) in [6.07, 6.45) is -0.0312. The van der Waals surface area contributed by atoms with Crippen molar-refractivity contribution in [2.24, 2.45) is 0 Å². The van der Waals surface area contributed by atoms with E-state index in [9.17, 15) is 9.90 Å². The zero-order chi connectivity index (χ0) is 21.6. The molecule has 0 aromatic heterocycles. The highest BCUT2D eigenvalue weighted by atomic mass is 35.5. The fraction of sp³-hybridized carbons (Fsp3) is 0.240. The first-order valence-corrected chi connectivity index (χ1v) is 11.5. The maximum atomic E-state index is 11.3. The normalized spacial score (nSPS) is 16.2. The molecule has 3 aromatic rings. The Hall–Kier alpha value is -2.31. The summed E-state index contributed by atoms with van der Waals surface area (Å²) in [5.41, 5.74) is 2.96. The van der Waals surface area contributed by atoms with Crippen LogP contribution in [0.15, 0.2) is 83.8 Å². The molecule has 0 saturated carbocycles. The Kier molecular flexibility index (Phi) is 7.30. The molecule has 31 heavy (non-hydrogen) atoms. The first-order chi connectivity index (χ1) is 15.1. The first kappa shape index (κ1) is 21.9. The Morgan fingerprint density at radius 2 is 1.55 bits per heavy atom. The number of piperazine rings is 1. The van der Waals surface area contributed by atoms with Crippen LogP contribution in [0, 0.1) is 0 Å². The minimum Gasteiger partial charge on any atom is -0.481 e. The molecule has 0 radical (unpaired) electrons. The molecular weight excluding hydrogens is 428 g/mol. The van der Waals surface area contributed by atoms with E-state index in [0.717, 1.165) is 37.3 Å². The van der Waals surface area contributed by atoms with Crippen molar-refractivity contribution in [1.82, 2.24) is 9.21 Å². The van der Waals surface area contributed by atoms with E-state index < -0.39 is 5.97 Å². The lowest BCUT2D eigenvalue weighted by atomic mass is 9.94. The molecule has 4 nitrogen and oxygen atoms in total. The fourth-order valence-corrected chi connectivity index (χ4v) is 5.23. The maximum Gasteiger partial charge on any atom is 0.307 e. The van der Waals surface area contributed by atoms with E-state index in [-0.39, 0.29) is 12.5 Å². The van der Waals surface area contributed by atoms with Gasteiger partial charge in [0.1, 0.15) is 0 Å². The van der Waals surface area contributed by atoms with Crippen LogP contribution in [-0.2, 0) is 11.2 Å². The summed E-state index contributed by atoms with van der Waals surface area (Å²) in [6, 6.07) is 26.6. The predicted molar refractivity (Wildman–Crippen MR) is 127 cm³/mol. The molecule has 1 saturated heterocycles. The molecule has 0 spiro atoms. The smallest absolute Gasteiger partial charge is 0.307 e. The lowest BCUT2D eigenvalue weighted by Gasteiger charge is -2.39. The molecule has 1 atom stereocenters. The van der Waals surface area contributed by atoms with E-state index in [1.54, 1.807) is 18.0 Å². The molecule has 6 heteroatoms. The number of carboxylic acid groups (broad SMARTS) is 1. The van der Waals surface area contributed by atoms with Crippen molar-refractivity contribution < 1.29 is 9.90 Å². The van der Waals surface area contributed by atoms with Crippen LogP contribution in [0.25, 0.3) is 0 Å². The summed E-state index contributed by atoms with van der Waals surface area (Å²) in [4.78, 5) is 15.0. The lowest BCUT2D eigenvalue weighted by Crippen LogP contribution is -2.45. The van der Waals surface area contributed by atoms with E-state index >= 15 is 0 Å². The number of carboxylic acids is 1. The zero-order valence-corrected chi connectivity index (χ0v) is 18.7. The van der Waals surface area contributed by atoms with Gasteiger partial charge >= 0.3 is 5.97 Å². The third-order valence-electron chi connectivity index (χ3n) is 5.38. The molecular formula is C25H25ClN2O2S. The van der Waals surface area contributed by atoms with E-state index in [4.69, 9.17) is 11.6 Å². The van der Waals surface area contributed by atoms with Crippen LogP contribution in [0.3, 0.4) is 0 Å². The average Bonchev–Trinajstić information content (AvgIpc) is 2.76. The van der Waals surface area contributed by atoms with Gasteiger partial charge in [-0.15, -0.1) is 0 Å². The quantitative estimate of drug-likeness (QED) is 0.487. The van der Waals surface area contributed by atoms with Crippen LogP contribution in [-0.4, -0.2) is 46.5 Å². The van der Waals surface area contributed by atoms with E-state index in [1.807, 2.05) is 36.4 Å². The standard InChI is InChI=1S/C25H25ClN2O2S/c26-22-16-19(17-24(29)30)15-21(18-22)25(20-7-3-1-4-8-20)27-11-13-28(14-12-27)31-23-9-5-2-6-10-23/h1-10,15-16,18,25H,11-14,17H2,(H,29,30). The van der Waals surface area contributed by atoms with Crippen LogP contribution < -0.4 is 0 Å². The number of benzene rings is 3. The number of aliphatic carboxylic acids is 1. The summed E-state index contributed by atoms with van der Waals surface area (Å²) in [7, 11) is 0. The molecule has 1 heterocycles. The van der Waals surface area contributed by atoms with E-state index in [1.165, 1.54) is 10.5 Å². The Morgan fingerprint density at radius 1 is 0.903 bits per heavy atom. The van der Waals surface area contributed by atoms with Gasteiger partial charge in [-0.3, -0.25) is 9.69 Å². The first-order valence-electron chi connectivity index (χ1n) is 10.4. The van der Waals surface area contributed by atoms with Gasteiger partial charge in [0.15, 0.2) is 0 Å². The molecule has 160 valence electrons.